The van der Waals surface area contributed by atoms with Crippen LogP contribution >= 0.6 is 0 Å². The molecule has 0 radical (unpaired) electrons. The number of aromatic nitrogens is 3. The normalized spacial score (nSPS) is 10.6. The monoisotopic (exact) mass is 296 g/mol. The van der Waals surface area contributed by atoms with Gasteiger partial charge in [0.2, 0.25) is 11.8 Å². The van der Waals surface area contributed by atoms with Crippen molar-refractivity contribution in [3.8, 4) is 5.88 Å². The van der Waals surface area contributed by atoms with Crippen LogP contribution in [0.4, 0.5) is 5.95 Å². The molecule has 0 amide bonds. The molecule has 3 aromatic rings. The minimum atomic E-state index is -0.163. The summed E-state index contributed by atoms with van der Waals surface area (Å²) in [6, 6.07) is 11.0. The smallest absolute Gasteiger partial charge is 0.260 e. The van der Waals surface area contributed by atoms with Crippen molar-refractivity contribution in [3.63, 3.8) is 0 Å². The molecular weight excluding hydrogens is 280 g/mol. The molecule has 0 spiro atoms. The van der Waals surface area contributed by atoms with Crippen molar-refractivity contribution in [2.75, 3.05) is 11.9 Å². The van der Waals surface area contributed by atoms with Gasteiger partial charge in [-0.15, -0.1) is 0 Å². The SMILES string of the molecule is CCOc1ncccc1CNc1nc2ccccc2c(=O)[nH]1. The van der Waals surface area contributed by atoms with Crippen LogP contribution in [-0.2, 0) is 6.54 Å². The fourth-order valence-corrected chi connectivity index (χ4v) is 2.17. The lowest BCUT2D eigenvalue weighted by molar-refractivity contribution is 0.323. The van der Waals surface area contributed by atoms with Crippen LogP contribution in [0.1, 0.15) is 12.5 Å². The summed E-state index contributed by atoms with van der Waals surface area (Å²) < 4.78 is 5.48. The van der Waals surface area contributed by atoms with E-state index < -0.39 is 0 Å². The Morgan fingerprint density at radius 3 is 2.95 bits per heavy atom. The fraction of sp³-hybridized carbons (Fsp3) is 0.188. The number of aromatic amines is 1. The lowest BCUT2D eigenvalue weighted by Crippen LogP contribution is -2.13. The molecule has 0 aliphatic rings. The Morgan fingerprint density at radius 2 is 2.09 bits per heavy atom. The summed E-state index contributed by atoms with van der Waals surface area (Å²) >= 11 is 0. The first-order valence-electron chi connectivity index (χ1n) is 7.07. The van der Waals surface area contributed by atoms with Gasteiger partial charge in [-0.1, -0.05) is 18.2 Å². The molecular formula is C16H16N4O2. The van der Waals surface area contributed by atoms with Gasteiger partial charge in [-0.3, -0.25) is 9.78 Å². The third-order valence-corrected chi connectivity index (χ3v) is 3.19. The summed E-state index contributed by atoms with van der Waals surface area (Å²) in [7, 11) is 0. The van der Waals surface area contributed by atoms with Gasteiger partial charge >= 0.3 is 0 Å². The fourth-order valence-electron chi connectivity index (χ4n) is 2.17. The van der Waals surface area contributed by atoms with E-state index in [0.29, 0.717) is 35.9 Å². The van der Waals surface area contributed by atoms with Crippen LogP contribution in [0.2, 0.25) is 0 Å². The van der Waals surface area contributed by atoms with Gasteiger partial charge in [-0.05, 0) is 25.1 Å². The first kappa shape index (κ1) is 14.1. The number of H-pyrrole nitrogens is 1. The van der Waals surface area contributed by atoms with Gasteiger partial charge in [0.25, 0.3) is 5.56 Å². The van der Waals surface area contributed by atoms with Gasteiger partial charge in [-0.25, -0.2) is 9.97 Å². The topological polar surface area (TPSA) is 79.9 Å². The van der Waals surface area contributed by atoms with Crippen LogP contribution in [0, 0.1) is 0 Å². The minimum Gasteiger partial charge on any atom is -0.478 e. The van der Waals surface area contributed by atoms with Crippen LogP contribution in [0.5, 0.6) is 5.88 Å². The number of nitrogens with zero attached hydrogens (tertiary/aromatic N) is 2. The van der Waals surface area contributed by atoms with Crippen LogP contribution in [0.3, 0.4) is 0 Å². The molecule has 112 valence electrons. The third-order valence-electron chi connectivity index (χ3n) is 3.19. The van der Waals surface area contributed by atoms with E-state index in [2.05, 4.69) is 20.3 Å². The highest BCUT2D eigenvalue weighted by atomic mass is 16.5. The molecule has 0 saturated carbocycles. The summed E-state index contributed by atoms with van der Waals surface area (Å²) in [5, 5.41) is 3.68. The number of nitrogens with one attached hydrogen (secondary N) is 2. The number of para-hydroxylation sites is 1. The first-order valence-corrected chi connectivity index (χ1v) is 7.07. The maximum absolute atomic E-state index is 12.0. The molecule has 22 heavy (non-hydrogen) atoms. The minimum absolute atomic E-state index is 0.163. The van der Waals surface area contributed by atoms with Crippen molar-refractivity contribution >= 4 is 16.9 Å². The number of pyridine rings is 1. The van der Waals surface area contributed by atoms with E-state index >= 15 is 0 Å². The summed E-state index contributed by atoms with van der Waals surface area (Å²) in [6.45, 7) is 2.92. The van der Waals surface area contributed by atoms with E-state index in [9.17, 15) is 4.79 Å². The van der Waals surface area contributed by atoms with Crippen molar-refractivity contribution in [2.45, 2.75) is 13.5 Å². The molecule has 2 aromatic heterocycles. The Kier molecular flexibility index (Phi) is 4.00. The molecule has 0 aliphatic carbocycles. The number of anilines is 1. The zero-order valence-corrected chi connectivity index (χ0v) is 12.2. The Bertz CT molecular complexity index is 845. The van der Waals surface area contributed by atoms with Crippen LogP contribution < -0.4 is 15.6 Å². The Morgan fingerprint density at radius 1 is 1.23 bits per heavy atom. The van der Waals surface area contributed by atoms with Crippen LogP contribution in [0.15, 0.2) is 47.4 Å². The van der Waals surface area contributed by atoms with Crippen molar-refractivity contribution in [2.24, 2.45) is 0 Å². The summed E-state index contributed by atoms with van der Waals surface area (Å²) in [5.41, 5.74) is 1.40. The van der Waals surface area contributed by atoms with E-state index in [0.717, 1.165) is 5.56 Å². The molecule has 0 aliphatic heterocycles. The number of fused-ring (bicyclic) bond motifs is 1. The molecule has 0 unspecified atom stereocenters. The molecule has 6 heteroatoms. The van der Waals surface area contributed by atoms with E-state index in [1.54, 1.807) is 12.3 Å². The quantitative estimate of drug-likeness (QED) is 0.755. The molecule has 2 N–H and O–H groups in total. The van der Waals surface area contributed by atoms with Gasteiger partial charge < -0.3 is 10.1 Å². The average molecular weight is 296 g/mol. The van der Waals surface area contributed by atoms with Gasteiger partial charge in [0.15, 0.2) is 0 Å². The largest absolute Gasteiger partial charge is 0.478 e. The predicted octanol–water partition coefficient (Wildman–Crippen LogP) is 2.33. The van der Waals surface area contributed by atoms with Crippen molar-refractivity contribution in [1.29, 1.82) is 0 Å². The Hall–Kier alpha value is -2.89. The lowest BCUT2D eigenvalue weighted by Gasteiger charge is -2.10. The molecule has 3 rings (SSSR count). The van der Waals surface area contributed by atoms with Crippen molar-refractivity contribution in [3.05, 3.63) is 58.5 Å². The average Bonchev–Trinajstić information content (AvgIpc) is 2.54. The molecule has 0 saturated heterocycles. The van der Waals surface area contributed by atoms with E-state index in [-0.39, 0.29) is 5.56 Å². The van der Waals surface area contributed by atoms with Gasteiger partial charge in [0.1, 0.15) is 0 Å². The zero-order valence-electron chi connectivity index (χ0n) is 12.2. The van der Waals surface area contributed by atoms with Crippen LogP contribution in [0.25, 0.3) is 10.9 Å². The van der Waals surface area contributed by atoms with E-state index in [1.165, 1.54) is 0 Å². The maximum atomic E-state index is 12.0. The van der Waals surface area contributed by atoms with Crippen molar-refractivity contribution in [1.82, 2.24) is 15.0 Å². The van der Waals surface area contributed by atoms with Gasteiger partial charge in [0, 0.05) is 18.3 Å². The summed E-state index contributed by atoms with van der Waals surface area (Å²) in [6.07, 6.45) is 1.69. The third kappa shape index (κ3) is 2.90. The highest BCUT2D eigenvalue weighted by Gasteiger charge is 2.06. The number of hydrogen-bond acceptors (Lipinski definition) is 5. The number of ether oxygens (including phenoxy) is 1. The molecule has 1 aromatic carbocycles. The number of benzene rings is 1. The summed E-state index contributed by atoms with van der Waals surface area (Å²) in [4.78, 5) is 23.3. The van der Waals surface area contributed by atoms with Gasteiger partial charge in [-0.2, -0.15) is 0 Å². The molecule has 6 nitrogen and oxygen atoms in total. The first-order chi connectivity index (χ1) is 10.8. The van der Waals surface area contributed by atoms with E-state index in [1.807, 2.05) is 37.3 Å². The summed E-state index contributed by atoms with van der Waals surface area (Å²) in [5.74, 6) is 1.01. The lowest BCUT2D eigenvalue weighted by atomic mass is 10.2. The van der Waals surface area contributed by atoms with Crippen molar-refractivity contribution < 1.29 is 4.74 Å². The Labute approximate surface area is 127 Å². The highest BCUT2D eigenvalue weighted by Crippen LogP contribution is 2.15. The Balaban J connectivity index is 1.84. The molecule has 0 bridgehead atoms. The second-order valence-corrected chi connectivity index (χ2v) is 4.69. The number of hydrogen-bond donors (Lipinski definition) is 2. The molecule has 2 heterocycles. The maximum Gasteiger partial charge on any atom is 0.260 e. The second-order valence-electron chi connectivity index (χ2n) is 4.69. The standard InChI is InChI=1S/C16H16N4O2/c1-2-22-15-11(6-5-9-17-15)10-18-16-19-13-8-4-3-7-12(13)14(21)20-16/h3-9H,2,10H2,1H3,(H2,18,19,20,21). The number of rotatable bonds is 5. The van der Waals surface area contributed by atoms with Crippen LogP contribution in [-0.4, -0.2) is 21.6 Å². The zero-order chi connectivity index (χ0) is 15.4. The second kappa shape index (κ2) is 6.26. The predicted molar refractivity (Wildman–Crippen MR) is 85.1 cm³/mol. The molecule has 0 atom stereocenters. The van der Waals surface area contributed by atoms with Gasteiger partial charge in [0.05, 0.1) is 17.5 Å². The van der Waals surface area contributed by atoms with E-state index in [4.69, 9.17) is 4.74 Å². The molecule has 0 fully saturated rings. The highest BCUT2D eigenvalue weighted by molar-refractivity contribution is 5.78.